The Labute approximate surface area is 130 Å². The van der Waals surface area contributed by atoms with E-state index in [9.17, 15) is 5.21 Å². The van der Waals surface area contributed by atoms with Crippen LogP contribution in [0.4, 0.5) is 0 Å². The van der Waals surface area contributed by atoms with Crippen molar-refractivity contribution >= 4 is 21.9 Å². The van der Waals surface area contributed by atoms with Gasteiger partial charge >= 0.3 is 0 Å². The Bertz CT molecular complexity index is 1080. The molecule has 6 nitrogen and oxygen atoms in total. The van der Waals surface area contributed by atoms with Gasteiger partial charge in [0, 0.05) is 23.0 Å². The number of aromatic nitrogens is 2. The number of benzene rings is 1. The third-order valence-electron chi connectivity index (χ3n) is 3.75. The van der Waals surface area contributed by atoms with Crippen molar-refractivity contribution in [2.45, 2.75) is 0 Å². The highest BCUT2D eigenvalue weighted by molar-refractivity contribution is 5.83. The second-order valence-electron chi connectivity index (χ2n) is 5.04. The summed E-state index contributed by atoms with van der Waals surface area (Å²) in [6.07, 6.45) is 3.54. The number of rotatable bonds is 2. The molecule has 1 aromatic carbocycles. The van der Waals surface area contributed by atoms with Gasteiger partial charge in [-0.25, -0.2) is 0 Å². The first-order chi connectivity index (χ1) is 11.3. The molecule has 0 saturated carbocycles. The Morgan fingerprint density at radius 3 is 2.91 bits per heavy atom. The van der Waals surface area contributed by atoms with Gasteiger partial charge in [-0.1, -0.05) is 17.3 Å². The quantitative estimate of drug-likeness (QED) is 0.456. The molecule has 3 heterocycles. The van der Waals surface area contributed by atoms with Crippen LogP contribution in [0.2, 0.25) is 0 Å². The van der Waals surface area contributed by atoms with Crippen molar-refractivity contribution in [2.24, 2.45) is 5.16 Å². The van der Waals surface area contributed by atoms with Crippen LogP contribution in [-0.2, 0) is 0 Å². The average molecular weight is 307 g/mol. The smallest absolute Gasteiger partial charge is 0.155 e. The predicted molar refractivity (Wildman–Crippen MR) is 84.8 cm³/mol. The lowest BCUT2D eigenvalue weighted by Crippen LogP contribution is -2.04. The maximum absolute atomic E-state index is 9.26. The van der Waals surface area contributed by atoms with E-state index in [4.69, 9.17) is 9.25 Å². The Morgan fingerprint density at radius 2 is 2.09 bits per heavy atom. The van der Waals surface area contributed by atoms with E-state index in [2.05, 4.69) is 10.1 Å². The second-order valence-corrected chi connectivity index (χ2v) is 5.04. The van der Waals surface area contributed by atoms with Gasteiger partial charge in [-0.3, -0.25) is 4.98 Å². The number of hydrogen-bond acceptors (Lipinski definition) is 5. The van der Waals surface area contributed by atoms with Gasteiger partial charge < -0.3 is 14.5 Å². The Balaban J connectivity index is 1.95. The van der Waals surface area contributed by atoms with Gasteiger partial charge in [0.2, 0.25) is 0 Å². The summed E-state index contributed by atoms with van der Waals surface area (Å²) in [5.74, 6) is 0.531. The summed E-state index contributed by atoms with van der Waals surface area (Å²) < 4.78 is 7.54. The molecule has 4 aromatic rings. The third kappa shape index (κ3) is 2.12. The average Bonchev–Trinajstić information content (AvgIpc) is 3.03. The van der Waals surface area contributed by atoms with Gasteiger partial charge in [-0.2, -0.15) is 4.73 Å². The highest BCUT2D eigenvalue weighted by Gasteiger charge is 2.09. The SMILES string of the molecule is COn1ccc2cc(-c3cc(=NO)c4ccccc4o3)ncc21. The minimum Gasteiger partial charge on any atom is -0.454 e. The van der Waals surface area contributed by atoms with E-state index in [1.807, 2.05) is 42.6 Å². The van der Waals surface area contributed by atoms with Crippen LogP contribution in [0, 0.1) is 0 Å². The summed E-state index contributed by atoms with van der Waals surface area (Å²) in [4.78, 5) is 9.63. The lowest BCUT2D eigenvalue weighted by molar-refractivity contribution is 0.179. The first-order valence-corrected chi connectivity index (χ1v) is 7.03. The Morgan fingerprint density at radius 1 is 1.22 bits per heavy atom. The van der Waals surface area contributed by atoms with Gasteiger partial charge in [-0.05, 0) is 24.3 Å². The molecule has 0 atom stereocenters. The molecular weight excluding hydrogens is 294 g/mol. The Kier molecular flexibility index (Phi) is 3.01. The number of pyridine rings is 1. The monoisotopic (exact) mass is 307 g/mol. The molecule has 0 aliphatic heterocycles. The topological polar surface area (TPSA) is 72.8 Å². The molecule has 0 radical (unpaired) electrons. The van der Waals surface area contributed by atoms with Crippen molar-refractivity contribution in [3.8, 4) is 11.5 Å². The molecule has 6 heteroatoms. The van der Waals surface area contributed by atoms with Gasteiger partial charge in [0.1, 0.15) is 29.3 Å². The molecule has 0 aliphatic carbocycles. The molecule has 4 rings (SSSR count). The molecule has 3 aromatic heterocycles. The van der Waals surface area contributed by atoms with E-state index >= 15 is 0 Å². The molecule has 0 fully saturated rings. The van der Waals surface area contributed by atoms with Crippen LogP contribution in [0.15, 0.2) is 64.4 Å². The van der Waals surface area contributed by atoms with E-state index in [1.165, 1.54) is 0 Å². The van der Waals surface area contributed by atoms with Crippen molar-refractivity contribution in [1.82, 2.24) is 9.71 Å². The lowest BCUT2D eigenvalue weighted by atomic mass is 10.2. The predicted octanol–water partition coefficient (Wildman–Crippen LogP) is 2.80. The number of fused-ring (bicyclic) bond motifs is 2. The van der Waals surface area contributed by atoms with E-state index in [-0.39, 0.29) is 0 Å². The summed E-state index contributed by atoms with van der Waals surface area (Å²) in [7, 11) is 1.60. The molecule has 0 amide bonds. The van der Waals surface area contributed by atoms with Crippen LogP contribution in [0.1, 0.15) is 0 Å². The van der Waals surface area contributed by atoms with Gasteiger partial charge in [-0.15, -0.1) is 0 Å². The number of hydrogen-bond donors (Lipinski definition) is 1. The molecule has 0 saturated heterocycles. The standard InChI is InChI=1S/C17H13N3O3/c1-22-20-7-6-11-8-14(18-10-15(11)20)17-9-13(19-21)12-4-2-3-5-16(12)23-17/h2-10,21H,1H3. The van der Waals surface area contributed by atoms with Gasteiger partial charge in [0.05, 0.1) is 6.20 Å². The zero-order valence-electron chi connectivity index (χ0n) is 12.3. The van der Waals surface area contributed by atoms with Crippen LogP contribution in [0.25, 0.3) is 33.3 Å². The molecule has 0 spiro atoms. The first-order valence-electron chi connectivity index (χ1n) is 7.03. The zero-order chi connectivity index (χ0) is 15.8. The van der Waals surface area contributed by atoms with Gasteiger partial charge in [0.25, 0.3) is 0 Å². The molecule has 0 unspecified atom stereocenters. The molecule has 1 N–H and O–H groups in total. The fourth-order valence-corrected chi connectivity index (χ4v) is 2.63. The van der Waals surface area contributed by atoms with Crippen molar-refractivity contribution in [3.05, 3.63) is 60.2 Å². The maximum Gasteiger partial charge on any atom is 0.155 e. The van der Waals surface area contributed by atoms with Crippen molar-refractivity contribution in [2.75, 3.05) is 7.11 Å². The van der Waals surface area contributed by atoms with Crippen LogP contribution in [0.5, 0.6) is 0 Å². The van der Waals surface area contributed by atoms with Crippen LogP contribution < -0.4 is 10.2 Å². The van der Waals surface area contributed by atoms with Crippen LogP contribution >= 0.6 is 0 Å². The molecular formula is C17H13N3O3. The van der Waals surface area contributed by atoms with E-state index in [0.29, 0.717) is 22.4 Å². The Hall–Kier alpha value is -3.28. The fourth-order valence-electron chi connectivity index (χ4n) is 2.63. The summed E-state index contributed by atoms with van der Waals surface area (Å²) in [6.45, 7) is 0. The highest BCUT2D eigenvalue weighted by Crippen LogP contribution is 2.24. The number of para-hydroxylation sites is 1. The molecule has 0 bridgehead atoms. The zero-order valence-corrected chi connectivity index (χ0v) is 12.3. The van der Waals surface area contributed by atoms with Crippen molar-refractivity contribution < 1.29 is 14.5 Å². The molecule has 0 aliphatic rings. The third-order valence-corrected chi connectivity index (χ3v) is 3.75. The minimum atomic E-state index is 0.443. The number of nitrogens with zero attached hydrogens (tertiary/aromatic N) is 3. The summed E-state index contributed by atoms with van der Waals surface area (Å²) in [5.41, 5.74) is 2.15. The minimum absolute atomic E-state index is 0.443. The summed E-state index contributed by atoms with van der Waals surface area (Å²) in [5, 5.41) is 14.8. The van der Waals surface area contributed by atoms with Crippen molar-refractivity contribution in [1.29, 1.82) is 0 Å². The van der Waals surface area contributed by atoms with Gasteiger partial charge in [0.15, 0.2) is 5.76 Å². The maximum atomic E-state index is 9.26. The van der Waals surface area contributed by atoms with E-state index in [1.54, 1.807) is 24.1 Å². The summed E-state index contributed by atoms with van der Waals surface area (Å²) in [6, 6.07) is 12.9. The van der Waals surface area contributed by atoms with E-state index in [0.717, 1.165) is 16.3 Å². The largest absolute Gasteiger partial charge is 0.454 e. The second kappa shape index (κ2) is 5.17. The molecule has 23 heavy (non-hydrogen) atoms. The highest BCUT2D eigenvalue weighted by atomic mass is 16.6. The summed E-state index contributed by atoms with van der Waals surface area (Å²) >= 11 is 0. The fraction of sp³-hybridized carbons (Fsp3) is 0.0588. The van der Waals surface area contributed by atoms with Crippen molar-refractivity contribution in [3.63, 3.8) is 0 Å². The van der Waals surface area contributed by atoms with Crippen LogP contribution in [0.3, 0.4) is 0 Å². The molecule has 114 valence electrons. The van der Waals surface area contributed by atoms with Crippen LogP contribution in [-0.4, -0.2) is 22.0 Å². The van der Waals surface area contributed by atoms with E-state index < -0.39 is 0 Å². The normalized spacial score (nSPS) is 12.1. The lowest BCUT2D eigenvalue weighted by Gasteiger charge is -2.05. The first kappa shape index (κ1) is 13.4.